The van der Waals surface area contributed by atoms with Crippen molar-refractivity contribution in [1.82, 2.24) is 10.2 Å². The lowest BCUT2D eigenvalue weighted by molar-refractivity contribution is -0.129. The van der Waals surface area contributed by atoms with Crippen LogP contribution in [0.5, 0.6) is 0 Å². The van der Waals surface area contributed by atoms with Crippen LogP contribution in [-0.2, 0) is 14.3 Å². The van der Waals surface area contributed by atoms with E-state index in [-0.39, 0.29) is 23.8 Å². The van der Waals surface area contributed by atoms with Crippen molar-refractivity contribution in [2.24, 2.45) is 5.92 Å². The summed E-state index contributed by atoms with van der Waals surface area (Å²) in [4.78, 5) is 25.5. The Labute approximate surface area is 109 Å². The van der Waals surface area contributed by atoms with Crippen molar-refractivity contribution in [1.29, 1.82) is 0 Å². The number of carbonyl (C=O) groups is 2. The molecule has 0 radical (unpaired) electrons. The molecule has 1 aliphatic heterocycles. The second-order valence-corrected chi connectivity index (χ2v) is 4.96. The first-order chi connectivity index (χ1) is 8.58. The molecule has 0 aromatic carbocycles. The molecule has 5 nitrogen and oxygen atoms in total. The average Bonchev–Trinajstić information content (AvgIpc) is 2.68. The van der Waals surface area contributed by atoms with Gasteiger partial charge in [0.05, 0.1) is 12.5 Å². The van der Waals surface area contributed by atoms with Gasteiger partial charge < -0.3 is 15.0 Å². The summed E-state index contributed by atoms with van der Waals surface area (Å²) < 4.78 is 4.97. The van der Waals surface area contributed by atoms with E-state index in [1.54, 1.807) is 12.0 Å². The standard InChI is InChI=1S/C13H24N2O3/c1-4-5-6-15-8-11(7-12(15)16)13(17)14-10(2)9-18-3/h10-11H,4-9H2,1-3H3,(H,14,17)/t10-,11+/m0/s1. The highest BCUT2D eigenvalue weighted by Crippen LogP contribution is 2.18. The number of nitrogens with zero attached hydrogens (tertiary/aromatic N) is 1. The van der Waals surface area contributed by atoms with E-state index >= 15 is 0 Å². The van der Waals surface area contributed by atoms with Crippen molar-refractivity contribution in [2.45, 2.75) is 39.2 Å². The van der Waals surface area contributed by atoms with Crippen molar-refractivity contribution in [3.05, 3.63) is 0 Å². The normalized spacial score (nSPS) is 21.2. The molecule has 1 aliphatic rings. The van der Waals surface area contributed by atoms with Gasteiger partial charge in [-0.25, -0.2) is 0 Å². The molecule has 1 heterocycles. The third-order valence-corrected chi connectivity index (χ3v) is 3.17. The van der Waals surface area contributed by atoms with Crippen molar-refractivity contribution >= 4 is 11.8 Å². The van der Waals surface area contributed by atoms with Gasteiger partial charge in [-0.1, -0.05) is 13.3 Å². The second-order valence-electron chi connectivity index (χ2n) is 4.96. The molecule has 0 unspecified atom stereocenters. The molecule has 1 saturated heterocycles. The van der Waals surface area contributed by atoms with E-state index in [2.05, 4.69) is 12.2 Å². The maximum Gasteiger partial charge on any atom is 0.225 e. The molecular formula is C13H24N2O3. The summed E-state index contributed by atoms with van der Waals surface area (Å²) in [7, 11) is 1.61. The largest absolute Gasteiger partial charge is 0.383 e. The van der Waals surface area contributed by atoms with Crippen LogP contribution < -0.4 is 5.32 Å². The Bertz CT molecular complexity index is 294. The number of amides is 2. The number of ether oxygens (including phenoxy) is 1. The molecule has 0 saturated carbocycles. The lowest BCUT2D eigenvalue weighted by atomic mass is 10.1. The van der Waals surface area contributed by atoms with Gasteiger partial charge in [-0.3, -0.25) is 9.59 Å². The van der Waals surface area contributed by atoms with Gasteiger partial charge in [0.2, 0.25) is 11.8 Å². The zero-order valence-electron chi connectivity index (χ0n) is 11.6. The molecule has 1 rings (SSSR count). The van der Waals surface area contributed by atoms with Crippen LogP contribution in [0.15, 0.2) is 0 Å². The lowest BCUT2D eigenvalue weighted by Crippen LogP contribution is -2.40. The summed E-state index contributed by atoms with van der Waals surface area (Å²) in [6.07, 6.45) is 2.40. The first-order valence-corrected chi connectivity index (χ1v) is 6.65. The summed E-state index contributed by atoms with van der Waals surface area (Å²) in [5.74, 6) is -0.136. The van der Waals surface area contributed by atoms with E-state index in [9.17, 15) is 9.59 Å². The summed E-state index contributed by atoms with van der Waals surface area (Å²) in [6.45, 7) is 5.81. The second kappa shape index (κ2) is 7.36. The third kappa shape index (κ3) is 4.29. The SMILES string of the molecule is CCCCN1C[C@H](C(=O)N[C@@H](C)COC)CC1=O. The Morgan fingerprint density at radius 1 is 1.61 bits per heavy atom. The molecule has 0 aromatic heterocycles. The molecule has 0 aromatic rings. The number of rotatable bonds is 7. The highest BCUT2D eigenvalue weighted by Gasteiger charge is 2.34. The number of carbonyl (C=O) groups excluding carboxylic acids is 2. The van der Waals surface area contributed by atoms with Gasteiger partial charge in [-0.15, -0.1) is 0 Å². The molecule has 1 N–H and O–H groups in total. The minimum Gasteiger partial charge on any atom is -0.383 e. The molecule has 2 amide bonds. The van der Waals surface area contributed by atoms with E-state index in [1.165, 1.54) is 0 Å². The Morgan fingerprint density at radius 3 is 2.94 bits per heavy atom. The van der Waals surface area contributed by atoms with E-state index < -0.39 is 0 Å². The highest BCUT2D eigenvalue weighted by molar-refractivity contribution is 5.89. The number of hydrogen-bond acceptors (Lipinski definition) is 3. The zero-order chi connectivity index (χ0) is 13.5. The maximum atomic E-state index is 11.9. The molecule has 0 bridgehead atoms. The van der Waals surface area contributed by atoms with E-state index in [0.29, 0.717) is 19.6 Å². The van der Waals surface area contributed by atoms with Crippen LogP contribution in [0.2, 0.25) is 0 Å². The number of hydrogen-bond donors (Lipinski definition) is 1. The van der Waals surface area contributed by atoms with Crippen molar-refractivity contribution in [3.63, 3.8) is 0 Å². The summed E-state index contributed by atoms with van der Waals surface area (Å²) in [5, 5.41) is 2.88. The Kier molecular flexibility index (Phi) is 6.12. The molecule has 0 spiro atoms. The summed E-state index contributed by atoms with van der Waals surface area (Å²) >= 11 is 0. The van der Waals surface area contributed by atoms with E-state index in [4.69, 9.17) is 4.74 Å². The number of nitrogens with one attached hydrogen (secondary N) is 1. The first-order valence-electron chi connectivity index (χ1n) is 6.65. The van der Waals surface area contributed by atoms with Crippen LogP contribution >= 0.6 is 0 Å². The van der Waals surface area contributed by atoms with Crippen LogP contribution in [0.4, 0.5) is 0 Å². The van der Waals surface area contributed by atoms with Gasteiger partial charge in [-0.05, 0) is 13.3 Å². The van der Waals surface area contributed by atoms with Gasteiger partial charge in [0.25, 0.3) is 0 Å². The fraction of sp³-hybridized carbons (Fsp3) is 0.846. The Balaban J connectivity index is 2.39. The molecule has 0 aliphatic carbocycles. The van der Waals surface area contributed by atoms with Crippen LogP contribution in [0.3, 0.4) is 0 Å². The van der Waals surface area contributed by atoms with Crippen LogP contribution in [0.25, 0.3) is 0 Å². The molecule has 2 atom stereocenters. The average molecular weight is 256 g/mol. The van der Waals surface area contributed by atoms with Gasteiger partial charge in [0.15, 0.2) is 0 Å². The third-order valence-electron chi connectivity index (χ3n) is 3.17. The smallest absolute Gasteiger partial charge is 0.225 e. The molecular weight excluding hydrogens is 232 g/mol. The van der Waals surface area contributed by atoms with Crippen LogP contribution in [0.1, 0.15) is 33.1 Å². The fourth-order valence-corrected chi connectivity index (χ4v) is 2.17. The van der Waals surface area contributed by atoms with Gasteiger partial charge in [0.1, 0.15) is 0 Å². The van der Waals surface area contributed by atoms with E-state index in [0.717, 1.165) is 19.4 Å². The molecule has 1 fully saturated rings. The van der Waals surface area contributed by atoms with Crippen LogP contribution in [0, 0.1) is 5.92 Å². The molecule has 104 valence electrons. The predicted molar refractivity (Wildman–Crippen MR) is 69.1 cm³/mol. The molecule has 18 heavy (non-hydrogen) atoms. The fourth-order valence-electron chi connectivity index (χ4n) is 2.17. The number of unbranched alkanes of at least 4 members (excludes halogenated alkanes) is 1. The minimum atomic E-state index is -0.200. The molecule has 5 heteroatoms. The summed E-state index contributed by atoms with van der Waals surface area (Å²) in [5.41, 5.74) is 0. The van der Waals surface area contributed by atoms with Gasteiger partial charge in [0, 0.05) is 32.7 Å². The van der Waals surface area contributed by atoms with Gasteiger partial charge in [-0.2, -0.15) is 0 Å². The Morgan fingerprint density at radius 2 is 2.33 bits per heavy atom. The quantitative estimate of drug-likeness (QED) is 0.732. The van der Waals surface area contributed by atoms with E-state index in [1.807, 2.05) is 6.92 Å². The predicted octanol–water partition coefficient (Wildman–Crippen LogP) is 0.786. The number of methoxy groups -OCH3 is 1. The number of likely N-dealkylation sites (tertiary alicyclic amines) is 1. The maximum absolute atomic E-state index is 11.9. The monoisotopic (exact) mass is 256 g/mol. The summed E-state index contributed by atoms with van der Waals surface area (Å²) in [6, 6.07) is -0.0118. The van der Waals surface area contributed by atoms with Crippen LogP contribution in [-0.4, -0.2) is 49.6 Å². The first kappa shape index (κ1) is 15.0. The van der Waals surface area contributed by atoms with Crippen molar-refractivity contribution in [3.8, 4) is 0 Å². The van der Waals surface area contributed by atoms with Crippen molar-refractivity contribution in [2.75, 3.05) is 26.8 Å². The van der Waals surface area contributed by atoms with Gasteiger partial charge >= 0.3 is 0 Å². The van der Waals surface area contributed by atoms with Crippen molar-refractivity contribution < 1.29 is 14.3 Å². The zero-order valence-corrected chi connectivity index (χ0v) is 11.6. The lowest BCUT2D eigenvalue weighted by Gasteiger charge is -2.17. The highest BCUT2D eigenvalue weighted by atomic mass is 16.5. The Hall–Kier alpha value is -1.10. The minimum absolute atomic E-state index is 0.0118. The topological polar surface area (TPSA) is 58.6 Å².